The van der Waals surface area contributed by atoms with Crippen LogP contribution in [0.3, 0.4) is 0 Å². The van der Waals surface area contributed by atoms with Crippen LogP contribution in [-0.2, 0) is 17.5 Å². The van der Waals surface area contributed by atoms with Crippen LogP contribution in [0.1, 0.15) is 12.7 Å². The zero-order chi connectivity index (χ0) is 20.5. The smallest absolute Gasteiger partial charge is 0.188 e. The van der Waals surface area contributed by atoms with Crippen LogP contribution in [0.4, 0.5) is 11.6 Å². The van der Waals surface area contributed by atoms with Crippen LogP contribution in [-0.4, -0.2) is 60.0 Å². The average Bonchev–Trinajstić information content (AvgIpc) is 3.44. The molecule has 2 aromatic rings. The normalized spacial score (nSPS) is 17.6. The summed E-state index contributed by atoms with van der Waals surface area (Å²) in [6.45, 7) is 6.82. The number of aliphatic hydroxyl groups is 1. The monoisotopic (exact) mass is 456 g/mol. The van der Waals surface area contributed by atoms with Gasteiger partial charge in [-0.25, -0.2) is 8.51 Å². The molecule has 12 heteroatoms. The molecule has 2 aromatic heterocycles. The van der Waals surface area contributed by atoms with E-state index in [1.165, 1.54) is 11.8 Å². The molecule has 0 radical (unpaired) electrons. The van der Waals surface area contributed by atoms with Crippen LogP contribution < -0.4 is 10.6 Å². The molecule has 1 atom stereocenters. The van der Waals surface area contributed by atoms with Crippen LogP contribution in [0.25, 0.3) is 0 Å². The van der Waals surface area contributed by atoms with E-state index in [1.807, 2.05) is 16.4 Å². The second kappa shape index (κ2) is 11.4. The van der Waals surface area contributed by atoms with Gasteiger partial charge < -0.3 is 25.1 Å². The maximum atomic E-state index is 12.7. The summed E-state index contributed by atoms with van der Waals surface area (Å²) in [7, 11) is -1.37. The lowest BCUT2D eigenvalue weighted by atomic mass is 10.4. The summed E-state index contributed by atoms with van der Waals surface area (Å²) < 4.78 is 28.6. The Hall–Kier alpha value is -1.86. The number of anilines is 2. The molecule has 1 saturated heterocycles. The first-order valence-corrected chi connectivity index (χ1v) is 11.8. The predicted octanol–water partition coefficient (Wildman–Crippen LogP) is 3.02. The van der Waals surface area contributed by atoms with Gasteiger partial charge in [0.25, 0.3) is 0 Å². The lowest BCUT2D eigenvalue weighted by Crippen LogP contribution is -2.46. The van der Waals surface area contributed by atoms with Crippen molar-refractivity contribution in [3.05, 3.63) is 46.3 Å². The van der Waals surface area contributed by atoms with Crippen molar-refractivity contribution in [1.29, 1.82) is 0 Å². The Morgan fingerprint density at radius 1 is 1.38 bits per heavy atom. The molecule has 1 unspecified atom stereocenters. The number of nitrogens with zero attached hydrogens (tertiary/aromatic N) is 4. The number of thioether (sulfide) groups is 1. The molecule has 3 rings (SSSR count). The van der Waals surface area contributed by atoms with E-state index in [2.05, 4.69) is 31.2 Å². The molecular formula is C17H24N6O3S3. The largest absolute Gasteiger partial charge is 0.514 e. The van der Waals surface area contributed by atoms with Crippen molar-refractivity contribution < 1.29 is 13.7 Å². The quantitative estimate of drug-likeness (QED) is 0.465. The molecule has 1 fully saturated rings. The highest BCUT2D eigenvalue weighted by Gasteiger charge is 2.22. The van der Waals surface area contributed by atoms with E-state index in [4.69, 9.17) is 4.42 Å². The van der Waals surface area contributed by atoms with Gasteiger partial charge in [-0.05, 0) is 24.1 Å². The van der Waals surface area contributed by atoms with Crippen LogP contribution >= 0.6 is 23.5 Å². The highest BCUT2D eigenvalue weighted by Crippen LogP contribution is 2.24. The summed E-state index contributed by atoms with van der Waals surface area (Å²) in [5.41, 5.74) is 0. The molecule has 0 spiro atoms. The fraction of sp³-hybridized carbons (Fsp3) is 0.412. The fourth-order valence-electron chi connectivity index (χ4n) is 2.65. The molecule has 158 valence electrons. The zero-order valence-electron chi connectivity index (χ0n) is 16.0. The molecule has 0 aliphatic carbocycles. The first kappa shape index (κ1) is 21.8. The van der Waals surface area contributed by atoms with Crippen molar-refractivity contribution >= 4 is 46.1 Å². The number of nitrogens with one attached hydrogen (secondary N) is 2. The van der Waals surface area contributed by atoms with E-state index < -0.39 is 11.0 Å². The Labute approximate surface area is 180 Å². The van der Waals surface area contributed by atoms with Gasteiger partial charge in [0.2, 0.25) is 0 Å². The summed E-state index contributed by atoms with van der Waals surface area (Å²) in [5.74, 6) is 2.01. The van der Waals surface area contributed by atoms with Gasteiger partial charge in [0, 0.05) is 32.4 Å². The van der Waals surface area contributed by atoms with Crippen molar-refractivity contribution in [2.24, 2.45) is 0 Å². The Morgan fingerprint density at radius 3 is 2.86 bits per heavy atom. The average molecular weight is 457 g/mol. The maximum absolute atomic E-state index is 12.7. The maximum Gasteiger partial charge on any atom is 0.188 e. The number of rotatable bonds is 10. The first-order chi connectivity index (χ1) is 14.2. The zero-order valence-corrected chi connectivity index (χ0v) is 18.4. The van der Waals surface area contributed by atoms with E-state index in [1.54, 1.807) is 17.9 Å². The van der Waals surface area contributed by atoms with Gasteiger partial charge >= 0.3 is 0 Å². The number of hydrogen-bond donors (Lipinski definition) is 3. The second-order valence-electron chi connectivity index (χ2n) is 6.02. The first-order valence-electron chi connectivity index (χ1n) is 9.11. The number of aromatic nitrogens is 2. The molecular weight excluding hydrogens is 432 g/mol. The van der Waals surface area contributed by atoms with Gasteiger partial charge in [0.1, 0.15) is 27.2 Å². The Balaban J connectivity index is 1.47. The highest BCUT2D eigenvalue weighted by atomic mass is 32.2. The molecule has 3 N–H and O–H groups in total. The predicted molar refractivity (Wildman–Crippen MR) is 119 cm³/mol. The third-order valence-electron chi connectivity index (χ3n) is 4.26. The van der Waals surface area contributed by atoms with Gasteiger partial charge in [0.15, 0.2) is 11.6 Å². The number of piperazine rings is 1. The molecule has 0 amide bonds. The van der Waals surface area contributed by atoms with Crippen molar-refractivity contribution in [2.45, 2.75) is 13.5 Å². The van der Waals surface area contributed by atoms with Crippen molar-refractivity contribution in [3.63, 3.8) is 0 Å². The number of hydrogen-bond acceptors (Lipinski definition) is 10. The van der Waals surface area contributed by atoms with Gasteiger partial charge in [-0.2, -0.15) is 8.75 Å². The molecule has 0 saturated carbocycles. The molecule has 9 nitrogen and oxygen atoms in total. The second-order valence-corrected chi connectivity index (χ2v) is 9.21. The minimum atomic E-state index is -1.37. The summed E-state index contributed by atoms with van der Waals surface area (Å²) in [6, 6.07) is 3.71. The van der Waals surface area contributed by atoms with Crippen molar-refractivity contribution in [3.8, 4) is 0 Å². The molecule has 0 bridgehead atoms. The summed E-state index contributed by atoms with van der Waals surface area (Å²) in [4.78, 5) is 2.31. The topological polar surface area (TPSA) is 107 Å². The molecule has 1 aliphatic rings. The van der Waals surface area contributed by atoms with Gasteiger partial charge in [0.05, 0.1) is 24.5 Å². The minimum absolute atomic E-state index is 0.389. The molecule has 29 heavy (non-hydrogen) atoms. The Bertz CT molecular complexity index is 831. The highest BCUT2D eigenvalue weighted by molar-refractivity contribution is 8.17. The molecule has 3 heterocycles. The van der Waals surface area contributed by atoms with Crippen LogP contribution in [0, 0.1) is 0 Å². The van der Waals surface area contributed by atoms with Crippen molar-refractivity contribution in [2.75, 3.05) is 43.4 Å². The van der Waals surface area contributed by atoms with Crippen molar-refractivity contribution in [1.82, 2.24) is 18.0 Å². The van der Waals surface area contributed by atoms with Crippen LogP contribution in [0.2, 0.25) is 0 Å². The number of likely N-dealkylation sites (N-methyl/N-ethyl adjacent to an activating group) is 1. The molecule has 0 aromatic carbocycles. The third kappa shape index (κ3) is 6.31. The standard InChI is InChI=1S/C17H24N6O3S3/c1-2-22-6-8-23(9-7-22)29(25)15(13-24)27-11-5-18-16-17(21-28-20-16)19-12-14-4-3-10-26-14/h3-5,10-11,13,24H,2,6-9,12H2,1H3,(H,18,20)(H,19,21)/b11-5+,15-13-. The summed E-state index contributed by atoms with van der Waals surface area (Å²) in [5, 5.41) is 17.4. The summed E-state index contributed by atoms with van der Waals surface area (Å²) in [6.07, 6.45) is 4.21. The van der Waals surface area contributed by atoms with Crippen LogP contribution in [0.15, 0.2) is 44.9 Å². The van der Waals surface area contributed by atoms with E-state index in [0.29, 0.717) is 22.4 Å². The van der Waals surface area contributed by atoms with E-state index >= 15 is 0 Å². The number of aliphatic hydroxyl groups excluding tert-OH is 1. The third-order valence-corrected chi connectivity index (χ3v) is 7.40. The Kier molecular flexibility index (Phi) is 8.55. The van der Waals surface area contributed by atoms with Gasteiger partial charge in [-0.15, -0.1) is 0 Å². The summed E-state index contributed by atoms with van der Waals surface area (Å²) >= 11 is 2.29. The fourth-order valence-corrected chi connectivity index (χ4v) is 5.13. The van der Waals surface area contributed by atoms with E-state index in [-0.39, 0.29) is 0 Å². The SMILES string of the molecule is CCN1CCN(S(=O)/C(=C\O)S/C=C/Nc2nsnc2NCc2ccco2)CC1. The van der Waals surface area contributed by atoms with Gasteiger partial charge in [-0.1, -0.05) is 18.7 Å². The molecule has 1 aliphatic heterocycles. The minimum Gasteiger partial charge on any atom is -0.514 e. The van der Waals surface area contributed by atoms with Gasteiger partial charge in [-0.3, -0.25) is 0 Å². The van der Waals surface area contributed by atoms with E-state index in [9.17, 15) is 9.32 Å². The lowest BCUT2D eigenvalue weighted by Gasteiger charge is -2.32. The number of furan rings is 1. The lowest BCUT2D eigenvalue weighted by molar-refractivity contribution is 0.201. The van der Waals surface area contributed by atoms with E-state index in [0.717, 1.165) is 56.5 Å². The Morgan fingerprint density at radius 2 is 2.17 bits per heavy atom. The van der Waals surface area contributed by atoms with Crippen LogP contribution in [0.5, 0.6) is 0 Å².